The van der Waals surface area contributed by atoms with E-state index in [2.05, 4.69) is 10.3 Å². The van der Waals surface area contributed by atoms with Gasteiger partial charge in [-0.2, -0.15) is 0 Å². The number of H-pyrrole nitrogens is 1. The lowest BCUT2D eigenvalue weighted by Gasteiger charge is -2.11. The summed E-state index contributed by atoms with van der Waals surface area (Å²) in [5.41, 5.74) is 4.13. The predicted molar refractivity (Wildman–Crippen MR) is 101 cm³/mol. The van der Waals surface area contributed by atoms with Gasteiger partial charge in [-0.3, -0.25) is 0 Å². The number of hydrogen-bond donors (Lipinski definition) is 2. The first-order valence-corrected chi connectivity index (χ1v) is 8.49. The van der Waals surface area contributed by atoms with E-state index in [-0.39, 0.29) is 5.97 Å². The smallest absolute Gasteiger partial charge is 0.356 e. The van der Waals surface area contributed by atoms with E-state index in [1.54, 1.807) is 6.92 Å². The molecular formula is C20H19ClN2O2. The number of anilines is 1. The second-order valence-corrected chi connectivity index (χ2v) is 5.96. The molecule has 2 aromatic carbocycles. The van der Waals surface area contributed by atoms with Crippen LogP contribution in [0.15, 0.2) is 60.8 Å². The maximum absolute atomic E-state index is 12.3. The van der Waals surface area contributed by atoms with Gasteiger partial charge in [-0.1, -0.05) is 54.1 Å². The summed E-state index contributed by atoms with van der Waals surface area (Å²) in [6.45, 7) is 2.72. The quantitative estimate of drug-likeness (QED) is 0.604. The molecule has 1 heterocycles. The molecule has 0 aliphatic carbocycles. The minimum absolute atomic E-state index is 0.326. The molecule has 0 unspecified atom stereocenters. The van der Waals surface area contributed by atoms with Gasteiger partial charge in [-0.15, -0.1) is 0 Å². The van der Waals surface area contributed by atoms with Crippen LogP contribution in [0, 0.1) is 0 Å². The van der Waals surface area contributed by atoms with Gasteiger partial charge in [0.15, 0.2) is 0 Å². The Morgan fingerprint density at radius 2 is 1.84 bits per heavy atom. The van der Waals surface area contributed by atoms with Gasteiger partial charge in [-0.05, 0) is 30.2 Å². The van der Waals surface area contributed by atoms with Crippen molar-refractivity contribution in [3.8, 4) is 11.1 Å². The molecule has 0 amide bonds. The fourth-order valence-electron chi connectivity index (χ4n) is 2.61. The molecule has 128 valence electrons. The average Bonchev–Trinajstić information content (AvgIpc) is 3.06. The second kappa shape index (κ2) is 7.90. The van der Waals surface area contributed by atoms with Gasteiger partial charge >= 0.3 is 5.97 Å². The Morgan fingerprint density at radius 1 is 1.12 bits per heavy atom. The Morgan fingerprint density at radius 3 is 2.52 bits per heavy atom. The van der Waals surface area contributed by atoms with Crippen LogP contribution < -0.4 is 5.32 Å². The van der Waals surface area contributed by atoms with Crippen LogP contribution in [0.1, 0.15) is 23.0 Å². The van der Waals surface area contributed by atoms with Gasteiger partial charge in [-0.25, -0.2) is 4.79 Å². The van der Waals surface area contributed by atoms with Crippen LogP contribution >= 0.6 is 11.6 Å². The van der Waals surface area contributed by atoms with Crippen molar-refractivity contribution in [1.29, 1.82) is 0 Å². The molecule has 5 heteroatoms. The number of rotatable bonds is 6. The summed E-state index contributed by atoms with van der Waals surface area (Å²) < 4.78 is 5.16. The summed E-state index contributed by atoms with van der Waals surface area (Å²) in [5.74, 6) is -0.377. The van der Waals surface area contributed by atoms with E-state index in [4.69, 9.17) is 16.3 Å². The topological polar surface area (TPSA) is 54.1 Å². The van der Waals surface area contributed by atoms with E-state index in [0.29, 0.717) is 23.9 Å². The van der Waals surface area contributed by atoms with E-state index >= 15 is 0 Å². The van der Waals surface area contributed by atoms with Gasteiger partial charge in [0.05, 0.1) is 12.3 Å². The molecule has 0 radical (unpaired) electrons. The molecule has 0 fully saturated rings. The Labute approximate surface area is 151 Å². The number of ether oxygens (including phenoxy) is 1. The van der Waals surface area contributed by atoms with Crippen LogP contribution in [0.3, 0.4) is 0 Å². The zero-order chi connectivity index (χ0) is 17.6. The molecule has 3 aromatic rings. The molecule has 0 atom stereocenters. The van der Waals surface area contributed by atoms with Gasteiger partial charge in [0, 0.05) is 23.3 Å². The molecule has 0 aliphatic heterocycles. The molecule has 25 heavy (non-hydrogen) atoms. The van der Waals surface area contributed by atoms with Crippen molar-refractivity contribution in [2.75, 3.05) is 11.9 Å². The van der Waals surface area contributed by atoms with E-state index in [1.807, 2.05) is 60.8 Å². The molecule has 0 saturated carbocycles. The van der Waals surface area contributed by atoms with Crippen LogP contribution in [0.5, 0.6) is 0 Å². The van der Waals surface area contributed by atoms with Crippen molar-refractivity contribution in [2.45, 2.75) is 13.5 Å². The number of esters is 1. The number of halogens is 1. The van der Waals surface area contributed by atoms with Gasteiger partial charge in [0.2, 0.25) is 0 Å². The molecular weight excluding hydrogens is 336 g/mol. The van der Waals surface area contributed by atoms with Gasteiger partial charge in [0.25, 0.3) is 0 Å². The monoisotopic (exact) mass is 354 g/mol. The third kappa shape index (κ3) is 4.03. The minimum Gasteiger partial charge on any atom is -0.461 e. The number of hydrogen-bond acceptors (Lipinski definition) is 3. The third-order valence-corrected chi connectivity index (χ3v) is 4.08. The Hall–Kier alpha value is -2.72. The number of nitrogens with one attached hydrogen (secondary N) is 2. The normalized spacial score (nSPS) is 10.5. The first-order chi connectivity index (χ1) is 12.2. The number of aromatic amines is 1. The fourth-order valence-corrected chi connectivity index (χ4v) is 2.74. The highest BCUT2D eigenvalue weighted by Gasteiger charge is 2.19. The molecule has 2 N–H and O–H groups in total. The SMILES string of the molecule is CCOC(=O)c1[nH]cc(-c2ccc(Cl)cc2)c1NCc1ccccc1. The molecule has 4 nitrogen and oxygen atoms in total. The van der Waals surface area contributed by atoms with Crippen molar-refractivity contribution in [1.82, 2.24) is 4.98 Å². The number of aromatic nitrogens is 1. The van der Waals surface area contributed by atoms with Crippen LogP contribution in [0.25, 0.3) is 11.1 Å². The molecule has 1 aromatic heterocycles. The van der Waals surface area contributed by atoms with E-state index in [9.17, 15) is 4.79 Å². The zero-order valence-corrected chi connectivity index (χ0v) is 14.6. The van der Waals surface area contributed by atoms with Crippen LogP contribution in [-0.2, 0) is 11.3 Å². The zero-order valence-electron chi connectivity index (χ0n) is 13.9. The highest BCUT2D eigenvalue weighted by Crippen LogP contribution is 2.32. The number of carbonyl (C=O) groups excluding carboxylic acids is 1. The summed E-state index contributed by atoms with van der Waals surface area (Å²) in [7, 11) is 0. The Balaban J connectivity index is 1.94. The second-order valence-electron chi connectivity index (χ2n) is 5.52. The van der Waals surface area contributed by atoms with Crippen molar-refractivity contribution in [3.05, 3.63) is 77.1 Å². The van der Waals surface area contributed by atoms with Gasteiger partial charge in [0.1, 0.15) is 5.69 Å². The lowest BCUT2D eigenvalue weighted by molar-refractivity contribution is 0.0521. The minimum atomic E-state index is -0.377. The summed E-state index contributed by atoms with van der Waals surface area (Å²) in [4.78, 5) is 15.3. The Kier molecular flexibility index (Phi) is 5.41. The van der Waals surface area contributed by atoms with E-state index in [1.165, 1.54) is 0 Å². The average molecular weight is 355 g/mol. The van der Waals surface area contributed by atoms with Crippen LogP contribution in [-0.4, -0.2) is 17.6 Å². The lowest BCUT2D eigenvalue weighted by Crippen LogP contribution is -2.09. The molecule has 0 aliphatic rings. The molecule has 0 bridgehead atoms. The summed E-state index contributed by atoms with van der Waals surface area (Å²) >= 11 is 5.98. The standard InChI is InChI=1S/C20H19ClN2O2/c1-2-25-20(24)19-18(22-12-14-6-4-3-5-7-14)17(13-23-19)15-8-10-16(21)11-9-15/h3-11,13,22-23H,2,12H2,1H3. The fraction of sp³-hybridized carbons (Fsp3) is 0.150. The molecule has 3 rings (SSSR count). The number of benzene rings is 2. The maximum atomic E-state index is 12.3. The number of carbonyl (C=O) groups is 1. The first kappa shape index (κ1) is 17.1. The predicted octanol–water partition coefficient (Wildman–Crippen LogP) is 5.12. The summed E-state index contributed by atoms with van der Waals surface area (Å²) in [6.07, 6.45) is 1.81. The van der Waals surface area contributed by atoms with Crippen LogP contribution in [0.2, 0.25) is 5.02 Å². The van der Waals surface area contributed by atoms with Gasteiger partial charge < -0.3 is 15.0 Å². The maximum Gasteiger partial charge on any atom is 0.356 e. The third-order valence-electron chi connectivity index (χ3n) is 3.83. The van der Waals surface area contributed by atoms with Crippen LogP contribution in [0.4, 0.5) is 5.69 Å². The van der Waals surface area contributed by atoms with Crippen molar-refractivity contribution in [3.63, 3.8) is 0 Å². The first-order valence-electron chi connectivity index (χ1n) is 8.11. The van der Waals surface area contributed by atoms with E-state index < -0.39 is 0 Å². The highest BCUT2D eigenvalue weighted by molar-refractivity contribution is 6.30. The van der Waals surface area contributed by atoms with Crippen molar-refractivity contribution in [2.24, 2.45) is 0 Å². The van der Waals surface area contributed by atoms with Crippen molar-refractivity contribution >= 4 is 23.3 Å². The van der Waals surface area contributed by atoms with Crippen molar-refractivity contribution < 1.29 is 9.53 Å². The summed E-state index contributed by atoms with van der Waals surface area (Å²) in [6, 6.07) is 17.5. The van der Waals surface area contributed by atoms with E-state index in [0.717, 1.165) is 22.4 Å². The molecule has 0 spiro atoms. The molecule has 0 saturated heterocycles. The highest BCUT2D eigenvalue weighted by atomic mass is 35.5. The Bertz CT molecular complexity index is 842. The summed E-state index contributed by atoms with van der Waals surface area (Å²) in [5, 5.41) is 4.04. The largest absolute Gasteiger partial charge is 0.461 e. The lowest BCUT2D eigenvalue weighted by atomic mass is 10.1.